The molecule has 9 nitrogen and oxygen atoms in total. The second-order valence-corrected chi connectivity index (χ2v) is 6.78. The average Bonchev–Trinajstić information content (AvgIpc) is 3.07. The van der Waals surface area contributed by atoms with Crippen LogP contribution in [0, 0.1) is 17.0 Å². The van der Waals surface area contributed by atoms with Gasteiger partial charge in [-0.1, -0.05) is 24.3 Å². The van der Waals surface area contributed by atoms with E-state index in [2.05, 4.69) is 36.6 Å². The van der Waals surface area contributed by atoms with Crippen LogP contribution in [0.3, 0.4) is 0 Å². The van der Waals surface area contributed by atoms with Gasteiger partial charge in [0.1, 0.15) is 11.5 Å². The van der Waals surface area contributed by atoms with Gasteiger partial charge in [-0.2, -0.15) is 0 Å². The fraction of sp³-hybridized carbons (Fsp3) is 0.333. The number of fused-ring (bicyclic) bond motifs is 1. The van der Waals surface area contributed by atoms with E-state index in [1.165, 1.54) is 6.07 Å². The molecule has 0 saturated carbocycles. The predicted molar refractivity (Wildman–Crippen MR) is 135 cm³/mol. The first-order valence-electron chi connectivity index (χ1n) is 9.94. The Balaban J connectivity index is 0.00000341. The minimum absolute atomic E-state index is 0. The Kier molecular flexibility index (Phi) is 9.50. The van der Waals surface area contributed by atoms with Gasteiger partial charge in [0.25, 0.3) is 5.69 Å². The normalized spacial score (nSPS) is 11.1. The quantitative estimate of drug-likeness (QED) is 0.0963. The van der Waals surface area contributed by atoms with Gasteiger partial charge in [0, 0.05) is 39.3 Å². The number of halogens is 1. The molecule has 31 heavy (non-hydrogen) atoms. The second-order valence-electron chi connectivity index (χ2n) is 6.78. The Hall–Kier alpha value is -2.89. The van der Waals surface area contributed by atoms with Crippen molar-refractivity contribution >= 4 is 52.3 Å². The van der Waals surface area contributed by atoms with Crippen LogP contribution in [0.4, 0.5) is 11.4 Å². The Morgan fingerprint density at radius 1 is 1.10 bits per heavy atom. The number of aryl methyl sites for hydroxylation is 2. The highest BCUT2D eigenvalue weighted by Gasteiger charge is 2.11. The van der Waals surface area contributed by atoms with Crippen molar-refractivity contribution in [3.8, 4) is 0 Å². The minimum Gasteiger partial charge on any atom is -0.378 e. The standard InChI is InChI=1S/C21H27N7O2.HI/c1-16-26-18-9-4-5-10-19(18)27(16)15-7-12-24-21(22-2)25-14-13-23-17-8-3-6-11-20(17)28(29)30;/h3-6,8-11,23H,7,12-15H2,1-2H3,(H2,22,24,25);1H. The number of benzene rings is 2. The van der Waals surface area contributed by atoms with Crippen molar-refractivity contribution in [3.63, 3.8) is 0 Å². The molecule has 0 saturated heterocycles. The highest BCUT2D eigenvalue weighted by molar-refractivity contribution is 14.0. The molecule has 0 atom stereocenters. The van der Waals surface area contributed by atoms with Crippen LogP contribution in [0.2, 0.25) is 0 Å². The van der Waals surface area contributed by atoms with Crippen molar-refractivity contribution in [2.75, 3.05) is 32.0 Å². The molecule has 3 aromatic rings. The third kappa shape index (κ3) is 6.54. The second kappa shape index (κ2) is 12.1. The monoisotopic (exact) mass is 537 g/mol. The molecule has 0 aliphatic carbocycles. The summed E-state index contributed by atoms with van der Waals surface area (Å²) in [5.74, 6) is 1.71. The van der Waals surface area contributed by atoms with Crippen LogP contribution in [-0.2, 0) is 6.54 Å². The summed E-state index contributed by atoms with van der Waals surface area (Å²) in [7, 11) is 1.72. The number of nitro benzene ring substituents is 1. The number of hydrogen-bond acceptors (Lipinski definition) is 5. The van der Waals surface area contributed by atoms with Gasteiger partial charge in [-0.15, -0.1) is 24.0 Å². The molecule has 0 unspecified atom stereocenters. The number of anilines is 1. The molecule has 0 spiro atoms. The summed E-state index contributed by atoms with van der Waals surface area (Å²) < 4.78 is 2.23. The molecular formula is C21H28IN7O2. The smallest absolute Gasteiger partial charge is 0.292 e. The van der Waals surface area contributed by atoms with Crippen LogP contribution in [0.1, 0.15) is 12.2 Å². The van der Waals surface area contributed by atoms with Crippen LogP contribution in [0.25, 0.3) is 11.0 Å². The Morgan fingerprint density at radius 3 is 2.58 bits per heavy atom. The topological polar surface area (TPSA) is 109 Å². The molecule has 1 heterocycles. The van der Waals surface area contributed by atoms with E-state index in [4.69, 9.17) is 0 Å². The van der Waals surface area contributed by atoms with E-state index >= 15 is 0 Å². The van der Waals surface area contributed by atoms with E-state index in [1.54, 1.807) is 25.2 Å². The lowest BCUT2D eigenvalue weighted by molar-refractivity contribution is -0.384. The SMILES string of the molecule is CN=C(NCCCn1c(C)nc2ccccc21)NCCNc1ccccc1[N+](=O)[O-].I. The van der Waals surface area contributed by atoms with Crippen molar-refractivity contribution < 1.29 is 4.92 Å². The Morgan fingerprint density at radius 2 is 1.81 bits per heavy atom. The molecule has 3 rings (SSSR count). The van der Waals surface area contributed by atoms with Crippen molar-refractivity contribution in [1.82, 2.24) is 20.2 Å². The highest BCUT2D eigenvalue weighted by atomic mass is 127. The lowest BCUT2D eigenvalue weighted by Gasteiger charge is -2.13. The molecule has 0 amide bonds. The summed E-state index contributed by atoms with van der Waals surface area (Å²) in [6.45, 7) is 4.78. The van der Waals surface area contributed by atoms with Crippen LogP contribution in [0.5, 0.6) is 0 Å². The number of nitrogens with zero attached hydrogens (tertiary/aromatic N) is 4. The first kappa shape index (κ1) is 24.4. The summed E-state index contributed by atoms with van der Waals surface area (Å²) >= 11 is 0. The summed E-state index contributed by atoms with van der Waals surface area (Å²) in [4.78, 5) is 19.5. The van der Waals surface area contributed by atoms with Crippen LogP contribution >= 0.6 is 24.0 Å². The van der Waals surface area contributed by atoms with Crippen molar-refractivity contribution in [3.05, 3.63) is 64.5 Å². The summed E-state index contributed by atoms with van der Waals surface area (Å²) in [5.41, 5.74) is 2.75. The molecule has 0 radical (unpaired) electrons. The first-order chi connectivity index (χ1) is 14.6. The zero-order valence-electron chi connectivity index (χ0n) is 17.7. The number of rotatable bonds is 9. The predicted octanol–water partition coefficient (Wildman–Crippen LogP) is 3.54. The van der Waals surface area contributed by atoms with E-state index in [0.717, 1.165) is 36.4 Å². The summed E-state index contributed by atoms with van der Waals surface area (Å²) in [6.07, 6.45) is 0.927. The summed E-state index contributed by atoms with van der Waals surface area (Å²) in [5, 5.41) is 20.6. The van der Waals surface area contributed by atoms with Gasteiger partial charge in [-0.3, -0.25) is 15.1 Å². The van der Waals surface area contributed by atoms with Crippen LogP contribution in [-0.4, -0.2) is 47.1 Å². The number of aromatic nitrogens is 2. The van der Waals surface area contributed by atoms with Gasteiger partial charge in [0.15, 0.2) is 5.96 Å². The fourth-order valence-corrected chi connectivity index (χ4v) is 3.30. The van der Waals surface area contributed by atoms with Gasteiger partial charge < -0.3 is 20.5 Å². The Labute approximate surface area is 198 Å². The number of hydrogen-bond donors (Lipinski definition) is 3. The Bertz CT molecular complexity index is 1040. The van der Waals surface area contributed by atoms with Gasteiger partial charge in [-0.05, 0) is 31.5 Å². The molecule has 3 N–H and O–H groups in total. The molecule has 0 aliphatic rings. The van der Waals surface area contributed by atoms with E-state index in [-0.39, 0.29) is 34.6 Å². The van der Waals surface area contributed by atoms with Crippen molar-refractivity contribution in [1.29, 1.82) is 0 Å². The van der Waals surface area contributed by atoms with E-state index in [9.17, 15) is 10.1 Å². The van der Waals surface area contributed by atoms with Gasteiger partial charge >= 0.3 is 0 Å². The first-order valence-corrected chi connectivity index (χ1v) is 9.94. The number of aliphatic imine (C=N–C) groups is 1. The third-order valence-electron chi connectivity index (χ3n) is 4.75. The molecule has 2 aromatic carbocycles. The average molecular weight is 537 g/mol. The number of guanidine groups is 1. The van der Waals surface area contributed by atoms with Gasteiger partial charge in [0.05, 0.1) is 16.0 Å². The zero-order valence-corrected chi connectivity index (χ0v) is 20.0. The van der Waals surface area contributed by atoms with Gasteiger partial charge in [-0.25, -0.2) is 4.98 Å². The van der Waals surface area contributed by atoms with E-state index in [1.807, 2.05) is 25.1 Å². The van der Waals surface area contributed by atoms with Crippen LogP contribution in [0.15, 0.2) is 53.5 Å². The number of para-hydroxylation sites is 4. The maximum absolute atomic E-state index is 11.0. The number of nitro groups is 1. The third-order valence-corrected chi connectivity index (χ3v) is 4.75. The zero-order chi connectivity index (χ0) is 21.3. The molecule has 10 heteroatoms. The van der Waals surface area contributed by atoms with Gasteiger partial charge in [0.2, 0.25) is 0 Å². The molecular weight excluding hydrogens is 509 g/mol. The molecule has 0 aliphatic heterocycles. The molecule has 166 valence electrons. The molecule has 0 bridgehead atoms. The number of nitrogens with one attached hydrogen (secondary N) is 3. The maximum Gasteiger partial charge on any atom is 0.292 e. The van der Waals surface area contributed by atoms with Crippen molar-refractivity contribution in [2.24, 2.45) is 4.99 Å². The van der Waals surface area contributed by atoms with E-state index < -0.39 is 0 Å². The van der Waals surface area contributed by atoms with E-state index in [0.29, 0.717) is 24.7 Å². The molecule has 1 aromatic heterocycles. The lowest BCUT2D eigenvalue weighted by atomic mass is 10.2. The molecule has 0 fully saturated rings. The minimum atomic E-state index is -0.387. The van der Waals surface area contributed by atoms with Crippen molar-refractivity contribution in [2.45, 2.75) is 19.9 Å². The van der Waals surface area contributed by atoms with Crippen LogP contribution < -0.4 is 16.0 Å². The largest absolute Gasteiger partial charge is 0.378 e. The number of imidazole rings is 1. The maximum atomic E-state index is 11.0. The summed E-state index contributed by atoms with van der Waals surface area (Å²) in [6, 6.07) is 14.8. The highest BCUT2D eigenvalue weighted by Crippen LogP contribution is 2.22. The lowest BCUT2D eigenvalue weighted by Crippen LogP contribution is -2.40. The fourth-order valence-electron chi connectivity index (χ4n) is 3.30.